The van der Waals surface area contributed by atoms with E-state index in [9.17, 15) is 0 Å². The Morgan fingerprint density at radius 1 is 1.27 bits per heavy atom. The van der Waals surface area contributed by atoms with Gasteiger partial charge in [-0.2, -0.15) is 29.8 Å². The zero-order valence-corrected chi connectivity index (χ0v) is 10.9. The van der Waals surface area contributed by atoms with Gasteiger partial charge in [0.15, 0.2) is 0 Å². The molecule has 0 aliphatic heterocycles. The molecule has 0 aliphatic rings. The smallest absolute Gasteiger partial charge is 0.307 e. The quantitative estimate of drug-likeness (QED) is 0.471. The van der Waals surface area contributed by atoms with Crippen molar-refractivity contribution < 1.29 is 18.9 Å². The predicted molar refractivity (Wildman–Crippen MR) is 61.4 cm³/mol. The summed E-state index contributed by atoms with van der Waals surface area (Å²) in [5, 5.41) is 0. The van der Waals surface area contributed by atoms with Crippen molar-refractivity contribution in [3.8, 4) is 0 Å². The molecule has 0 saturated heterocycles. The largest absolute Gasteiger partial charge is 1.00 e. The van der Waals surface area contributed by atoms with Crippen LogP contribution in [0.25, 0.3) is 0 Å². The van der Waals surface area contributed by atoms with Crippen molar-refractivity contribution in [3.05, 3.63) is 35.4 Å². The van der Waals surface area contributed by atoms with Crippen molar-refractivity contribution in [2.75, 3.05) is 14.1 Å². The van der Waals surface area contributed by atoms with E-state index in [1.54, 1.807) is 0 Å². The molecule has 0 heterocycles. The van der Waals surface area contributed by atoms with E-state index in [0.29, 0.717) is 0 Å². The first-order valence-electron chi connectivity index (χ1n) is 5.05. The van der Waals surface area contributed by atoms with Gasteiger partial charge in [-0.3, -0.25) is 0 Å². The molecule has 0 N–H and O–H groups in total. The van der Waals surface area contributed by atoms with E-state index >= 15 is 0 Å². The molecule has 1 aromatic carbocycles. The maximum atomic E-state index is 3.27. The molecule has 0 bridgehead atoms. The van der Waals surface area contributed by atoms with Crippen molar-refractivity contribution >= 4 is 0 Å². The van der Waals surface area contributed by atoms with Crippen LogP contribution in [-0.4, -0.2) is 19.0 Å². The molecule has 0 aromatic heterocycles. The van der Waals surface area contributed by atoms with Gasteiger partial charge in [-0.1, -0.05) is 20.8 Å². The zero-order chi connectivity index (χ0) is 10.8. The maximum absolute atomic E-state index is 3.27. The maximum Gasteiger partial charge on any atom is 1.00 e. The van der Waals surface area contributed by atoms with Crippen molar-refractivity contribution in [2.45, 2.75) is 32.7 Å². The molecule has 0 amide bonds. The Kier molecular flexibility index (Phi) is 5.67. The monoisotopic (exact) mass is 197 g/mol. The van der Waals surface area contributed by atoms with Gasteiger partial charge in [0.1, 0.15) is 0 Å². The average Bonchev–Trinajstić information content (AvgIpc) is 2.01. The van der Waals surface area contributed by atoms with E-state index in [1.807, 2.05) is 6.07 Å². The molecular weight excluding hydrogens is 177 g/mol. The second-order valence-electron chi connectivity index (χ2n) is 5.09. The Morgan fingerprint density at radius 3 is 2.33 bits per heavy atom. The fourth-order valence-electron chi connectivity index (χ4n) is 1.41. The molecule has 0 radical (unpaired) electrons. The van der Waals surface area contributed by atoms with E-state index in [-0.39, 0.29) is 24.3 Å². The van der Waals surface area contributed by atoms with E-state index in [4.69, 9.17) is 0 Å². The topological polar surface area (TPSA) is 3.24 Å². The van der Waals surface area contributed by atoms with Crippen molar-refractivity contribution in [1.29, 1.82) is 0 Å². The molecule has 0 atom stereocenters. The van der Waals surface area contributed by atoms with Crippen molar-refractivity contribution in [2.24, 2.45) is 0 Å². The van der Waals surface area contributed by atoms with Gasteiger partial charge in [0.2, 0.25) is 0 Å². The fraction of sp³-hybridized carbons (Fsp3) is 0.538. The van der Waals surface area contributed by atoms with Crippen molar-refractivity contribution in [3.63, 3.8) is 0 Å². The minimum absolute atomic E-state index is 0. The summed E-state index contributed by atoms with van der Waals surface area (Å²) in [6.45, 7) is 7.68. The van der Waals surface area contributed by atoms with Crippen LogP contribution in [0.2, 0.25) is 0 Å². The summed E-state index contributed by atoms with van der Waals surface area (Å²) in [5.41, 5.74) is 2.88. The Labute approximate surface area is 106 Å². The van der Waals surface area contributed by atoms with Gasteiger partial charge >= 0.3 is 18.9 Å². The minimum Gasteiger partial charge on any atom is -0.307 e. The SMILES string of the molecule is CN(C)Cc1[c-]ccc(C(C)(C)C)c1.[Li+]. The third kappa shape index (κ3) is 4.89. The van der Waals surface area contributed by atoms with Gasteiger partial charge in [0.05, 0.1) is 0 Å². The standard InChI is InChI=1S/C13H20N.Li/c1-13(2,3)12-8-6-7-11(9-12)10-14(4)5;/h6,8-9H,10H2,1-5H3;/q-1;+1. The number of hydrogen-bond acceptors (Lipinski definition) is 1. The van der Waals surface area contributed by atoms with E-state index in [1.165, 1.54) is 11.1 Å². The predicted octanol–water partition coefficient (Wildman–Crippen LogP) is -0.150. The molecule has 78 valence electrons. The normalized spacial score (nSPS) is 11.3. The summed E-state index contributed by atoms with van der Waals surface area (Å²) >= 11 is 0. The van der Waals surface area contributed by atoms with E-state index < -0.39 is 0 Å². The molecule has 0 unspecified atom stereocenters. The van der Waals surface area contributed by atoms with Crippen LogP contribution in [0.3, 0.4) is 0 Å². The first-order valence-corrected chi connectivity index (χ1v) is 5.05. The first kappa shape index (κ1) is 14.8. The second-order valence-corrected chi connectivity index (χ2v) is 5.09. The van der Waals surface area contributed by atoms with Crippen LogP contribution in [0.1, 0.15) is 31.9 Å². The van der Waals surface area contributed by atoms with Crippen LogP contribution in [0, 0.1) is 6.07 Å². The molecule has 15 heavy (non-hydrogen) atoms. The van der Waals surface area contributed by atoms with Gasteiger partial charge in [-0.25, -0.2) is 0 Å². The third-order valence-corrected chi connectivity index (χ3v) is 2.21. The van der Waals surface area contributed by atoms with Crippen LogP contribution in [0.5, 0.6) is 0 Å². The molecule has 0 fully saturated rings. The molecule has 1 nitrogen and oxygen atoms in total. The second kappa shape index (κ2) is 5.75. The summed E-state index contributed by atoms with van der Waals surface area (Å²) in [6, 6.07) is 9.70. The third-order valence-electron chi connectivity index (χ3n) is 2.21. The number of hydrogen-bond donors (Lipinski definition) is 0. The Balaban J connectivity index is 0.00000196. The zero-order valence-electron chi connectivity index (χ0n) is 10.9. The summed E-state index contributed by atoms with van der Waals surface area (Å²) in [6.07, 6.45) is 0. The van der Waals surface area contributed by atoms with Crippen LogP contribution >= 0.6 is 0 Å². The molecule has 2 heteroatoms. The van der Waals surface area contributed by atoms with E-state index in [0.717, 1.165) is 6.54 Å². The summed E-state index contributed by atoms with van der Waals surface area (Å²) in [4.78, 5) is 2.16. The first-order chi connectivity index (χ1) is 6.39. The van der Waals surface area contributed by atoms with Gasteiger partial charge in [0, 0.05) is 6.54 Å². The molecule has 0 aliphatic carbocycles. The van der Waals surface area contributed by atoms with Crippen LogP contribution < -0.4 is 18.9 Å². The van der Waals surface area contributed by atoms with Crippen LogP contribution in [0.15, 0.2) is 18.2 Å². The molecule has 1 rings (SSSR count). The Morgan fingerprint density at radius 2 is 1.87 bits per heavy atom. The minimum atomic E-state index is 0. The summed E-state index contributed by atoms with van der Waals surface area (Å²) < 4.78 is 0. The molecular formula is C13H20LiN. The van der Waals surface area contributed by atoms with Gasteiger partial charge in [-0.05, 0) is 19.5 Å². The van der Waals surface area contributed by atoms with Gasteiger partial charge < -0.3 is 4.90 Å². The van der Waals surface area contributed by atoms with Gasteiger partial charge in [0.25, 0.3) is 0 Å². The average molecular weight is 197 g/mol. The van der Waals surface area contributed by atoms with Crippen molar-refractivity contribution in [1.82, 2.24) is 4.90 Å². The molecule has 0 spiro atoms. The van der Waals surface area contributed by atoms with Crippen LogP contribution in [-0.2, 0) is 12.0 Å². The number of nitrogens with zero attached hydrogens (tertiary/aromatic N) is 1. The fourth-order valence-corrected chi connectivity index (χ4v) is 1.41. The number of benzene rings is 1. The Bertz CT molecular complexity index is 300. The van der Waals surface area contributed by atoms with E-state index in [2.05, 4.69) is 58.0 Å². The molecule has 0 saturated carbocycles. The summed E-state index contributed by atoms with van der Waals surface area (Å²) in [7, 11) is 4.16. The van der Waals surface area contributed by atoms with Gasteiger partial charge in [-0.15, -0.1) is 5.56 Å². The molecule has 1 aromatic rings. The van der Waals surface area contributed by atoms with Crippen LogP contribution in [0.4, 0.5) is 0 Å². The Hall–Kier alpha value is -0.223. The summed E-state index contributed by atoms with van der Waals surface area (Å²) in [5.74, 6) is 0. The number of rotatable bonds is 2.